The van der Waals surface area contributed by atoms with E-state index in [1.54, 1.807) is 0 Å². The number of ether oxygens (including phenoxy) is 1. The monoisotopic (exact) mass is 885 g/mol. The SMILES string of the molecule is [2H]C(C)(C)c1ccc(-c2cc[n+]3c(c2)-c2cc(C(C)(C)C)cc4c2C32Oc3c(cc(C([2H])(C)C)cc3C([2H])(C)C)-c3n(-c5ccc(C(C)(C)C(C)(C)C)cc5-c5ccccc5)c5cccc-4c5[n+]32)cc1. The topological polar surface area (TPSA) is 21.9 Å². The molecule has 338 valence electrons. The molecule has 67 heavy (non-hydrogen) atoms. The van der Waals surface area contributed by atoms with Gasteiger partial charge in [-0.15, -0.1) is 9.13 Å². The van der Waals surface area contributed by atoms with Gasteiger partial charge in [0.1, 0.15) is 16.8 Å². The molecule has 6 aromatic carbocycles. The van der Waals surface area contributed by atoms with Gasteiger partial charge >= 0.3 is 11.7 Å². The second-order valence-electron chi connectivity index (χ2n) is 22.7. The van der Waals surface area contributed by atoms with Gasteiger partial charge in [-0.05, 0) is 121 Å². The summed E-state index contributed by atoms with van der Waals surface area (Å²) in [5.41, 5.74) is 18.6. The summed E-state index contributed by atoms with van der Waals surface area (Å²) in [6, 6.07) is 46.6. The molecule has 5 heterocycles. The third-order valence-electron chi connectivity index (χ3n) is 15.8. The van der Waals surface area contributed by atoms with Gasteiger partial charge in [0.05, 0.1) is 5.56 Å². The van der Waals surface area contributed by atoms with Crippen molar-refractivity contribution in [3.63, 3.8) is 0 Å². The van der Waals surface area contributed by atoms with Gasteiger partial charge in [0.2, 0.25) is 5.69 Å². The van der Waals surface area contributed by atoms with Crippen LogP contribution in [-0.2, 0) is 16.7 Å². The van der Waals surface area contributed by atoms with E-state index in [4.69, 9.17) is 6.11 Å². The quantitative estimate of drug-likeness (QED) is 0.146. The van der Waals surface area contributed by atoms with Crippen molar-refractivity contribution in [2.75, 3.05) is 0 Å². The van der Waals surface area contributed by atoms with Gasteiger partial charge in [-0.25, -0.2) is 0 Å². The van der Waals surface area contributed by atoms with Crippen LogP contribution in [0.2, 0.25) is 0 Å². The fourth-order valence-electron chi connectivity index (χ4n) is 10.8. The number of benzene rings is 6. The molecule has 1 spiro atoms. The summed E-state index contributed by atoms with van der Waals surface area (Å²) in [5.74, 6) is -2.41. The zero-order valence-electron chi connectivity index (χ0n) is 45.0. The van der Waals surface area contributed by atoms with Crippen LogP contribution in [0.1, 0.15) is 152 Å². The van der Waals surface area contributed by atoms with Gasteiger partial charge in [0, 0.05) is 32.9 Å². The standard InChI is InChI=1S/C63H67N3O/c1-37(2)40-23-25-41(26-24-40)43-29-30-64-55(33-43)51-36-46(60(7,8)9)35-50-47-21-18-22-54-57(47)66-59(52-32-44(38(3)4)31-48(39(5)6)58(52)67-63(64,66)56(50)51)65(54)53-28-27-45(62(13,14)61(10,11)12)34-49(53)42-19-16-15-17-20-42/h15-39H,1-14H3/q+2/i37D,38D,39D. The van der Waals surface area contributed by atoms with Crippen LogP contribution in [0.15, 0.2) is 134 Å². The van der Waals surface area contributed by atoms with Crippen LogP contribution in [0.5, 0.6) is 5.75 Å². The van der Waals surface area contributed by atoms with Crippen LogP contribution in [0.4, 0.5) is 0 Å². The molecule has 4 heteroatoms. The fourth-order valence-corrected chi connectivity index (χ4v) is 10.8. The highest BCUT2D eigenvalue weighted by atomic mass is 16.5. The highest BCUT2D eigenvalue weighted by molar-refractivity contribution is 5.98. The van der Waals surface area contributed by atoms with Gasteiger partial charge in [0.15, 0.2) is 23.0 Å². The highest BCUT2D eigenvalue weighted by Gasteiger charge is 2.69. The van der Waals surface area contributed by atoms with E-state index >= 15 is 0 Å². The number of aromatic nitrogens is 3. The molecule has 1 unspecified atom stereocenters. The lowest BCUT2D eigenvalue weighted by Crippen LogP contribution is -2.78. The minimum Gasteiger partial charge on any atom is -0.392 e. The summed E-state index contributed by atoms with van der Waals surface area (Å²) in [4.78, 5) is 0. The van der Waals surface area contributed by atoms with Gasteiger partial charge in [-0.1, -0.05) is 170 Å². The van der Waals surface area contributed by atoms with E-state index in [1.165, 1.54) is 11.1 Å². The van der Waals surface area contributed by atoms with E-state index in [2.05, 4.69) is 203 Å². The van der Waals surface area contributed by atoms with Crippen molar-refractivity contribution in [2.24, 2.45) is 5.41 Å². The largest absolute Gasteiger partial charge is 0.499 e. The summed E-state index contributed by atoms with van der Waals surface area (Å²) >= 11 is 0. The average Bonchev–Trinajstić information content (AvgIpc) is 3.78. The van der Waals surface area contributed by atoms with Gasteiger partial charge < -0.3 is 4.74 Å². The Bertz CT molecular complexity index is 3490. The molecule has 0 N–H and O–H groups in total. The molecule has 0 amide bonds. The lowest BCUT2D eigenvalue weighted by Gasteiger charge is -2.39. The number of rotatable bonds is 7. The maximum Gasteiger partial charge on any atom is 0.499 e. The van der Waals surface area contributed by atoms with Crippen molar-refractivity contribution in [1.29, 1.82) is 0 Å². The molecule has 0 saturated carbocycles. The number of nitrogens with zero attached hydrogens (tertiary/aromatic N) is 3. The summed E-state index contributed by atoms with van der Waals surface area (Å²) in [5, 5.41) is 0. The van der Waals surface area contributed by atoms with Crippen LogP contribution in [-0.4, -0.2) is 4.57 Å². The summed E-state index contributed by atoms with van der Waals surface area (Å²) in [6.45, 7) is 30.2. The third-order valence-corrected chi connectivity index (χ3v) is 15.8. The van der Waals surface area contributed by atoms with Crippen LogP contribution >= 0.6 is 0 Å². The Hall–Kier alpha value is -6.26. The summed E-state index contributed by atoms with van der Waals surface area (Å²) in [7, 11) is 0. The first-order chi connectivity index (χ1) is 32.6. The first-order valence-electron chi connectivity index (χ1n) is 25.7. The molecule has 3 aliphatic rings. The van der Waals surface area contributed by atoms with E-state index in [1.807, 2.05) is 41.5 Å². The van der Waals surface area contributed by atoms with E-state index in [0.29, 0.717) is 5.75 Å². The fraction of sp³-hybridized carbons (Fsp3) is 0.333. The molecule has 0 radical (unpaired) electrons. The lowest BCUT2D eigenvalue weighted by atomic mass is 9.65. The van der Waals surface area contributed by atoms with E-state index in [9.17, 15) is 2.74 Å². The van der Waals surface area contributed by atoms with Crippen molar-refractivity contribution < 1.29 is 18.0 Å². The first-order valence-corrected chi connectivity index (χ1v) is 24.2. The lowest BCUT2D eigenvalue weighted by molar-refractivity contribution is -0.997. The second-order valence-corrected chi connectivity index (χ2v) is 22.7. The number of hydrogen-bond donors (Lipinski definition) is 0. The van der Waals surface area contributed by atoms with Gasteiger partial charge in [-0.3, -0.25) is 0 Å². The Kier molecular flexibility index (Phi) is 8.70. The Labute approximate surface area is 403 Å². The number of imidazole rings is 1. The molecule has 0 aliphatic carbocycles. The van der Waals surface area contributed by atoms with Crippen molar-refractivity contribution in [3.05, 3.63) is 167 Å². The maximum absolute atomic E-state index is 9.86. The Balaban J connectivity index is 1.33. The van der Waals surface area contributed by atoms with Crippen LogP contribution in [0, 0.1) is 5.41 Å². The normalized spacial score (nSPS) is 17.0. The van der Waals surface area contributed by atoms with E-state index in [-0.39, 0.29) is 16.2 Å². The molecular weight excluding hydrogens is 815 g/mol. The third kappa shape index (κ3) is 6.16. The van der Waals surface area contributed by atoms with Crippen LogP contribution in [0.3, 0.4) is 0 Å². The summed E-state index contributed by atoms with van der Waals surface area (Å²) < 4.78 is 43.4. The molecule has 8 aromatic rings. The zero-order valence-corrected chi connectivity index (χ0v) is 42.0. The van der Waals surface area contributed by atoms with Crippen molar-refractivity contribution in [1.82, 2.24) is 4.57 Å². The van der Waals surface area contributed by atoms with E-state index < -0.39 is 23.5 Å². The Morgan fingerprint density at radius 3 is 1.91 bits per heavy atom. The first kappa shape index (κ1) is 39.9. The van der Waals surface area contributed by atoms with E-state index in [0.717, 1.165) is 95.0 Å². The number of fused-ring (bicyclic) bond motifs is 5. The molecule has 1 atom stereocenters. The zero-order chi connectivity index (χ0) is 50.0. The molecule has 3 aliphatic heterocycles. The minimum absolute atomic E-state index is 0.0163. The molecular formula is C63H67N3O+2. The number of hydrogen-bond acceptors (Lipinski definition) is 1. The second kappa shape index (κ2) is 14.6. The minimum atomic E-state index is -1.24. The van der Waals surface area contributed by atoms with Crippen molar-refractivity contribution >= 4 is 11.0 Å². The molecule has 11 rings (SSSR count). The van der Waals surface area contributed by atoms with Crippen molar-refractivity contribution in [3.8, 4) is 67.5 Å². The highest BCUT2D eigenvalue weighted by Crippen LogP contribution is 2.56. The molecule has 2 aromatic heterocycles. The number of pyridine rings is 1. The van der Waals surface area contributed by atoms with Crippen molar-refractivity contribution in [2.45, 2.75) is 131 Å². The molecule has 4 nitrogen and oxygen atoms in total. The molecule has 0 fully saturated rings. The molecule has 0 bridgehead atoms. The predicted octanol–water partition coefficient (Wildman–Crippen LogP) is 15.8. The maximum atomic E-state index is 9.86. The Morgan fingerprint density at radius 2 is 1.25 bits per heavy atom. The average molecular weight is 885 g/mol. The van der Waals surface area contributed by atoms with Crippen LogP contribution in [0.25, 0.3) is 72.7 Å². The van der Waals surface area contributed by atoms with Gasteiger partial charge in [0.25, 0.3) is 0 Å². The predicted molar refractivity (Wildman–Crippen MR) is 277 cm³/mol. The molecule has 0 saturated heterocycles. The summed E-state index contributed by atoms with van der Waals surface area (Å²) in [6.07, 6.45) is 2.21. The van der Waals surface area contributed by atoms with Crippen LogP contribution < -0.4 is 13.9 Å². The number of para-hydroxylation sites is 1. The Morgan fingerprint density at radius 1 is 0.567 bits per heavy atom. The van der Waals surface area contributed by atoms with Gasteiger partial charge in [-0.2, -0.15) is 4.57 Å². The smallest absolute Gasteiger partial charge is 0.392 e.